The Labute approximate surface area is 160 Å². The van der Waals surface area contributed by atoms with Gasteiger partial charge >= 0.3 is 0 Å². The largest absolute Gasteiger partial charge is 0.407 e. The summed E-state index contributed by atoms with van der Waals surface area (Å²) in [7, 11) is -2.30. The van der Waals surface area contributed by atoms with Crippen LogP contribution in [-0.4, -0.2) is 41.3 Å². The van der Waals surface area contributed by atoms with E-state index in [4.69, 9.17) is 4.43 Å². The summed E-state index contributed by atoms with van der Waals surface area (Å²) in [6.45, 7) is 12.1. The Morgan fingerprint density at radius 2 is 2.07 bits per heavy atom. The van der Waals surface area contributed by atoms with Crippen LogP contribution < -0.4 is 0 Å². The van der Waals surface area contributed by atoms with Crippen molar-refractivity contribution in [3.63, 3.8) is 0 Å². The number of allylic oxidation sites excluding steroid dienone is 1. The highest BCUT2D eigenvalue weighted by Crippen LogP contribution is 2.44. The molecule has 0 aromatic carbocycles. The zero-order chi connectivity index (χ0) is 20.6. The van der Waals surface area contributed by atoms with Crippen LogP contribution in [0.1, 0.15) is 39.7 Å². The summed E-state index contributed by atoms with van der Waals surface area (Å²) < 4.78 is 6.37. The van der Waals surface area contributed by atoms with E-state index >= 15 is 0 Å². The Morgan fingerprint density at radius 1 is 1.44 bits per heavy atom. The van der Waals surface area contributed by atoms with Gasteiger partial charge in [0.2, 0.25) is 0 Å². The van der Waals surface area contributed by atoms with E-state index in [0.29, 0.717) is 23.8 Å². The molecule has 3 atom stereocenters. The van der Waals surface area contributed by atoms with Crippen LogP contribution in [0.3, 0.4) is 0 Å². The van der Waals surface area contributed by atoms with Crippen molar-refractivity contribution < 1.29 is 19.3 Å². The summed E-state index contributed by atoms with van der Waals surface area (Å²) >= 11 is 0. The first-order valence-electron chi connectivity index (χ1n) is 8.99. The van der Waals surface area contributed by atoms with Crippen molar-refractivity contribution in [2.75, 3.05) is 0 Å². The molecule has 0 unspecified atom stereocenters. The van der Waals surface area contributed by atoms with E-state index < -0.39 is 30.9 Å². The standard InChI is InChI=1S/C19H28N2O5Si/c1-13-9-14(15-7-8-20-11-16(15)21(24)25)10-17(19(13,23)12-22)26-27(5,6)18(2,3)4/h7-8,10-13,17,23H,9H2,1-6H3/t13-,17+,19+/m0/s1. The second-order valence-corrected chi connectivity index (χ2v) is 13.5. The number of hydrogen-bond acceptors (Lipinski definition) is 6. The third-order valence-corrected chi connectivity index (χ3v) is 10.3. The summed E-state index contributed by atoms with van der Waals surface area (Å²) in [4.78, 5) is 26.5. The molecule has 0 saturated heterocycles. The number of aliphatic hydroxyl groups is 1. The van der Waals surface area contributed by atoms with Gasteiger partial charge in [0, 0.05) is 6.20 Å². The Hall–Kier alpha value is -1.90. The number of hydrogen-bond donors (Lipinski definition) is 1. The Kier molecular flexibility index (Phi) is 5.75. The molecule has 0 bridgehead atoms. The fourth-order valence-electron chi connectivity index (χ4n) is 2.97. The highest BCUT2D eigenvalue weighted by molar-refractivity contribution is 6.74. The smallest absolute Gasteiger partial charge is 0.294 e. The summed E-state index contributed by atoms with van der Waals surface area (Å²) in [5.41, 5.74) is -0.634. The van der Waals surface area contributed by atoms with Gasteiger partial charge in [-0.2, -0.15) is 0 Å². The molecule has 1 N–H and O–H groups in total. The van der Waals surface area contributed by atoms with Gasteiger partial charge in [0.05, 0.1) is 16.6 Å². The lowest BCUT2D eigenvalue weighted by Gasteiger charge is -2.46. The van der Waals surface area contributed by atoms with Crippen LogP contribution in [0.2, 0.25) is 18.1 Å². The average Bonchev–Trinajstić information content (AvgIpc) is 2.57. The number of aldehydes is 1. The molecule has 0 saturated carbocycles. The highest BCUT2D eigenvalue weighted by atomic mass is 28.4. The van der Waals surface area contributed by atoms with E-state index in [-0.39, 0.29) is 10.7 Å². The molecule has 8 heteroatoms. The first-order valence-corrected chi connectivity index (χ1v) is 11.9. The van der Waals surface area contributed by atoms with Crippen molar-refractivity contribution in [3.05, 3.63) is 40.2 Å². The lowest BCUT2D eigenvalue weighted by molar-refractivity contribution is -0.385. The predicted octanol–water partition coefficient (Wildman–Crippen LogP) is 3.73. The first-order chi connectivity index (χ1) is 12.3. The van der Waals surface area contributed by atoms with Gasteiger partial charge in [-0.3, -0.25) is 15.1 Å². The molecule has 0 aliphatic heterocycles. The minimum atomic E-state index is -2.30. The molecule has 1 aliphatic rings. The van der Waals surface area contributed by atoms with Crippen molar-refractivity contribution in [2.45, 2.75) is 64.0 Å². The van der Waals surface area contributed by atoms with E-state index in [9.17, 15) is 20.0 Å². The predicted molar refractivity (Wildman–Crippen MR) is 106 cm³/mol. The Morgan fingerprint density at radius 3 is 2.59 bits per heavy atom. The third-order valence-electron chi connectivity index (χ3n) is 5.88. The maximum Gasteiger partial charge on any atom is 0.294 e. The molecule has 2 rings (SSSR count). The number of pyridine rings is 1. The SMILES string of the molecule is C[C@H]1CC(c2ccncc2[N+](=O)[O-])=C[C@@H](O[Si](C)(C)C(C)(C)C)[C@@]1(O)C=O. The van der Waals surface area contributed by atoms with Gasteiger partial charge in [-0.1, -0.05) is 27.7 Å². The summed E-state index contributed by atoms with van der Waals surface area (Å²) in [6.07, 6.45) is 4.41. The lowest BCUT2D eigenvalue weighted by Crippen LogP contribution is -2.57. The second-order valence-electron chi connectivity index (χ2n) is 8.75. The molecule has 0 spiro atoms. The molecular formula is C19H28N2O5Si. The third kappa shape index (κ3) is 4.02. The normalized spacial score (nSPS) is 26.4. The van der Waals surface area contributed by atoms with Crippen LogP contribution in [0, 0.1) is 16.0 Å². The Bertz CT molecular complexity index is 772. The number of nitro groups is 1. The molecule has 1 heterocycles. The molecule has 0 fully saturated rings. The maximum absolute atomic E-state index is 11.8. The van der Waals surface area contributed by atoms with E-state index in [0.717, 1.165) is 0 Å². The van der Waals surface area contributed by atoms with E-state index in [1.165, 1.54) is 12.4 Å². The van der Waals surface area contributed by atoms with Gasteiger partial charge in [-0.05, 0) is 48.2 Å². The van der Waals surface area contributed by atoms with Gasteiger partial charge in [-0.15, -0.1) is 0 Å². The number of rotatable bonds is 5. The van der Waals surface area contributed by atoms with E-state index in [1.54, 1.807) is 19.1 Å². The molecule has 27 heavy (non-hydrogen) atoms. The fourth-order valence-corrected chi connectivity index (χ4v) is 4.21. The van der Waals surface area contributed by atoms with Crippen LogP contribution in [0.4, 0.5) is 5.69 Å². The van der Waals surface area contributed by atoms with Crippen molar-refractivity contribution in [1.82, 2.24) is 4.98 Å². The molecule has 1 aliphatic carbocycles. The van der Waals surface area contributed by atoms with E-state index in [1.807, 2.05) is 13.1 Å². The summed E-state index contributed by atoms with van der Waals surface area (Å²) in [6, 6.07) is 1.59. The number of nitrogens with zero attached hydrogens (tertiary/aromatic N) is 2. The molecule has 1 aromatic heterocycles. The quantitative estimate of drug-likeness (QED) is 0.354. The number of carbonyl (C=O) groups is 1. The van der Waals surface area contributed by atoms with Gasteiger partial charge in [0.25, 0.3) is 5.69 Å². The molecule has 0 amide bonds. The summed E-state index contributed by atoms with van der Waals surface area (Å²) in [5.74, 6) is -0.447. The van der Waals surface area contributed by atoms with Crippen molar-refractivity contribution in [1.29, 1.82) is 0 Å². The van der Waals surface area contributed by atoms with Crippen molar-refractivity contribution >= 4 is 25.9 Å². The number of carbonyl (C=O) groups excluding carboxylic acids is 1. The van der Waals surface area contributed by atoms with Crippen molar-refractivity contribution in [2.24, 2.45) is 5.92 Å². The average molecular weight is 393 g/mol. The Balaban J connectivity index is 2.56. The minimum absolute atomic E-state index is 0.0985. The van der Waals surface area contributed by atoms with Crippen LogP contribution in [0.25, 0.3) is 5.57 Å². The van der Waals surface area contributed by atoms with Gasteiger partial charge in [-0.25, -0.2) is 0 Å². The second kappa shape index (κ2) is 7.25. The summed E-state index contributed by atoms with van der Waals surface area (Å²) in [5, 5.41) is 22.3. The molecular weight excluding hydrogens is 364 g/mol. The van der Waals surface area contributed by atoms with Crippen LogP contribution in [0.15, 0.2) is 24.5 Å². The zero-order valence-corrected chi connectivity index (χ0v) is 17.7. The fraction of sp³-hybridized carbons (Fsp3) is 0.579. The molecule has 1 aromatic rings. The van der Waals surface area contributed by atoms with Gasteiger partial charge in [0.15, 0.2) is 20.2 Å². The molecule has 0 radical (unpaired) electrons. The lowest BCUT2D eigenvalue weighted by atomic mass is 9.74. The molecule has 148 valence electrons. The van der Waals surface area contributed by atoms with E-state index in [2.05, 4.69) is 25.8 Å². The highest BCUT2D eigenvalue weighted by Gasteiger charge is 2.49. The van der Waals surface area contributed by atoms with Gasteiger partial charge in [0.1, 0.15) is 6.20 Å². The minimum Gasteiger partial charge on any atom is -0.407 e. The first kappa shape index (κ1) is 21.4. The monoisotopic (exact) mass is 392 g/mol. The molecule has 7 nitrogen and oxygen atoms in total. The number of aromatic nitrogens is 1. The van der Waals surface area contributed by atoms with Gasteiger partial charge < -0.3 is 14.3 Å². The topological polar surface area (TPSA) is 103 Å². The zero-order valence-electron chi connectivity index (χ0n) is 16.7. The van der Waals surface area contributed by atoms with Crippen LogP contribution in [0.5, 0.6) is 0 Å². The van der Waals surface area contributed by atoms with Crippen molar-refractivity contribution in [3.8, 4) is 0 Å². The van der Waals surface area contributed by atoms with Crippen LogP contribution in [-0.2, 0) is 9.22 Å². The van der Waals surface area contributed by atoms with Crippen LogP contribution >= 0.6 is 0 Å². The maximum atomic E-state index is 11.8.